The van der Waals surface area contributed by atoms with Gasteiger partial charge in [0.05, 0.1) is 13.3 Å². The first-order valence-electron chi connectivity index (χ1n) is 8.01. The molecule has 3 aromatic rings. The van der Waals surface area contributed by atoms with Crippen molar-refractivity contribution in [3.8, 4) is 0 Å². The molecule has 0 radical (unpaired) electrons. The molecule has 0 atom stereocenters. The molecule has 0 spiro atoms. The summed E-state index contributed by atoms with van der Waals surface area (Å²) < 4.78 is 31.8. The van der Waals surface area contributed by atoms with Crippen LogP contribution < -0.4 is 0 Å². The van der Waals surface area contributed by atoms with Crippen LogP contribution in [0.4, 0.5) is 0 Å². The molecule has 0 fully saturated rings. The van der Waals surface area contributed by atoms with E-state index in [2.05, 4.69) is 29.6 Å². The minimum atomic E-state index is -3.54. The zero-order valence-electron chi connectivity index (χ0n) is 14.9. The smallest absolute Gasteiger partial charge is 0.349 e. The highest BCUT2D eigenvalue weighted by molar-refractivity contribution is 7.93. The number of nitrogens with zero attached hydrogens (tertiary/aromatic N) is 1. The van der Waals surface area contributed by atoms with Gasteiger partial charge in [-0.25, -0.2) is 18.2 Å². The summed E-state index contributed by atoms with van der Waals surface area (Å²) in [6.07, 6.45) is 1.36. The van der Waals surface area contributed by atoms with Crippen molar-refractivity contribution in [1.29, 1.82) is 0 Å². The predicted molar refractivity (Wildman–Crippen MR) is 105 cm³/mol. The fourth-order valence-electron chi connectivity index (χ4n) is 2.67. The number of benzene rings is 1. The minimum absolute atomic E-state index is 0.223. The Bertz CT molecular complexity index is 1080. The molecule has 0 saturated heterocycles. The summed E-state index contributed by atoms with van der Waals surface area (Å²) in [5, 5.41) is 1.36. The summed E-state index contributed by atoms with van der Waals surface area (Å²) in [4.78, 5) is 15.9. The van der Waals surface area contributed by atoms with Gasteiger partial charge in [-0.15, -0.1) is 22.7 Å². The van der Waals surface area contributed by atoms with Gasteiger partial charge in [-0.2, -0.15) is 0 Å². The van der Waals surface area contributed by atoms with E-state index in [1.165, 1.54) is 30.2 Å². The van der Waals surface area contributed by atoms with Crippen LogP contribution in [0, 0.1) is 6.92 Å². The van der Waals surface area contributed by atoms with Crippen molar-refractivity contribution < 1.29 is 17.9 Å². The quantitative estimate of drug-likeness (QED) is 0.578. The molecular weight excluding hydrogens is 390 g/mol. The number of carbonyl (C=O) groups is 1. The number of sulfone groups is 1. The van der Waals surface area contributed by atoms with Gasteiger partial charge in [0.1, 0.15) is 19.8 Å². The van der Waals surface area contributed by atoms with Gasteiger partial charge in [0, 0.05) is 4.70 Å². The molecular formula is C18H19NO4S3. The van der Waals surface area contributed by atoms with E-state index >= 15 is 0 Å². The van der Waals surface area contributed by atoms with Crippen molar-refractivity contribution in [3.05, 3.63) is 45.4 Å². The molecule has 0 N–H and O–H groups in total. The van der Waals surface area contributed by atoms with E-state index in [4.69, 9.17) is 0 Å². The second kappa shape index (κ2) is 7.09. The third kappa shape index (κ3) is 3.54. The summed E-state index contributed by atoms with van der Waals surface area (Å²) in [5.74, 6) is -0.351. The van der Waals surface area contributed by atoms with Crippen molar-refractivity contribution in [2.75, 3.05) is 7.11 Å². The van der Waals surface area contributed by atoms with Gasteiger partial charge in [-0.1, -0.05) is 19.9 Å². The number of carbonyl (C=O) groups excluding carboxylic acids is 1. The number of thiophene rings is 1. The van der Waals surface area contributed by atoms with E-state index in [9.17, 15) is 13.2 Å². The van der Waals surface area contributed by atoms with Crippen molar-refractivity contribution in [2.24, 2.45) is 0 Å². The molecule has 5 nitrogen and oxygen atoms in total. The number of hydrogen-bond acceptors (Lipinski definition) is 7. The SMILES string of the molecule is COC(=O)c1cnc(CS(=O)(=O)c2sc3ccc(C(C)C)cc3c2C)s1. The molecule has 138 valence electrons. The lowest BCUT2D eigenvalue weighted by Crippen LogP contribution is -2.04. The average molecular weight is 410 g/mol. The lowest BCUT2D eigenvalue weighted by Gasteiger charge is -2.05. The van der Waals surface area contributed by atoms with Gasteiger partial charge in [-0.3, -0.25) is 0 Å². The first-order chi connectivity index (χ1) is 12.2. The standard InChI is InChI=1S/C18H19NO4S3/c1-10(2)12-5-6-14-13(7-12)11(3)18(25-14)26(21,22)9-16-19-8-15(24-16)17(20)23-4/h5-8,10H,9H2,1-4H3. The number of aromatic nitrogens is 1. The monoisotopic (exact) mass is 409 g/mol. The molecule has 0 saturated carbocycles. The summed E-state index contributed by atoms with van der Waals surface area (Å²) in [6.45, 7) is 6.07. The van der Waals surface area contributed by atoms with Crippen molar-refractivity contribution in [1.82, 2.24) is 4.98 Å². The van der Waals surface area contributed by atoms with Crippen LogP contribution in [0.5, 0.6) is 0 Å². The Morgan fingerprint density at radius 3 is 2.65 bits per heavy atom. The van der Waals surface area contributed by atoms with E-state index < -0.39 is 15.8 Å². The van der Waals surface area contributed by atoms with Crippen molar-refractivity contribution >= 4 is 48.6 Å². The highest BCUT2D eigenvalue weighted by Crippen LogP contribution is 2.37. The molecule has 1 aromatic carbocycles. The lowest BCUT2D eigenvalue weighted by molar-refractivity contribution is 0.0606. The van der Waals surface area contributed by atoms with E-state index in [1.54, 1.807) is 0 Å². The first-order valence-corrected chi connectivity index (χ1v) is 11.3. The lowest BCUT2D eigenvalue weighted by atomic mass is 10.0. The van der Waals surface area contributed by atoms with Crippen LogP contribution in [-0.2, 0) is 20.3 Å². The molecule has 0 aliphatic carbocycles. The average Bonchev–Trinajstić information content (AvgIpc) is 3.18. The van der Waals surface area contributed by atoms with Crippen molar-refractivity contribution in [2.45, 2.75) is 36.7 Å². The van der Waals surface area contributed by atoms with Gasteiger partial charge in [0.15, 0.2) is 9.84 Å². The number of esters is 1. The second-order valence-corrected chi connectivity index (χ2v) is 10.6. The number of fused-ring (bicyclic) bond motifs is 1. The van der Waals surface area contributed by atoms with Gasteiger partial charge in [0.25, 0.3) is 0 Å². The molecule has 2 heterocycles. The fourth-order valence-corrected chi connectivity index (χ4v) is 6.99. The molecule has 3 rings (SSSR count). The second-order valence-electron chi connectivity index (χ2n) is 6.29. The Morgan fingerprint density at radius 1 is 1.27 bits per heavy atom. The summed E-state index contributed by atoms with van der Waals surface area (Å²) >= 11 is 2.33. The van der Waals surface area contributed by atoms with Crippen molar-refractivity contribution in [3.63, 3.8) is 0 Å². The number of ether oxygens (including phenoxy) is 1. The topological polar surface area (TPSA) is 73.3 Å². The number of rotatable bonds is 5. The molecule has 0 aliphatic heterocycles. The van der Waals surface area contributed by atoms with Gasteiger partial charge < -0.3 is 4.74 Å². The zero-order chi connectivity index (χ0) is 19.1. The van der Waals surface area contributed by atoms with Gasteiger partial charge in [-0.05, 0) is 41.5 Å². The number of thiazole rings is 1. The van der Waals surface area contributed by atoms with Crippen LogP contribution in [0.15, 0.2) is 28.6 Å². The summed E-state index contributed by atoms with van der Waals surface area (Å²) in [6, 6.07) is 6.10. The minimum Gasteiger partial charge on any atom is -0.465 e. The van der Waals surface area contributed by atoms with E-state index in [0.29, 0.717) is 20.0 Å². The normalized spacial score (nSPS) is 12.0. The largest absolute Gasteiger partial charge is 0.465 e. The number of hydrogen-bond donors (Lipinski definition) is 0. The maximum atomic E-state index is 12.9. The number of methoxy groups -OCH3 is 1. The Labute approximate surface area is 160 Å². The van der Waals surface area contributed by atoms with E-state index in [1.807, 2.05) is 19.1 Å². The van der Waals surface area contributed by atoms with Crippen LogP contribution in [-0.4, -0.2) is 26.5 Å². The van der Waals surface area contributed by atoms with Crippen LogP contribution in [0.25, 0.3) is 10.1 Å². The van der Waals surface area contributed by atoms with Crippen LogP contribution >= 0.6 is 22.7 Å². The first kappa shape index (κ1) is 19.0. The molecule has 2 aromatic heterocycles. The summed E-state index contributed by atoms with van der Waals surface area (Å²) in [5.41, 5.74) is 1.96. The Balaban J connectivity index is 1.97. The van der Waals surface area contributed by atoms with E-state index in [0.717, 1.165) is 27.0 Å². The third-order valence-corrected chi connectivity index (χ3v) is 8.88. The maximum Gasteiger partial charge on any atom is 0.349 e. The van der Waals surface area contributed by atoms with Crippen LogP contribution in [0.3, 0.4) is 0 Å². The van der Waals surface area contributed by atoms with Gasteiger partial charge in [0.2, 0.25) is 0 Å². The van der Waals surface area contributed by atoms with Crippen LogP contribution in [0.2, 0.25) is 0 Å². The molecule has 0 unspecified atom stereocenters. The molecule has 0 aliphatic rings. The highest BCUT2D eigenvalue weighted by atomic mass is 32.2. The number of aryl methyl sites for hydroxylation is 1. The Morgan fingerprint density at radius 2 is 2.00 bits per heavy atom. The molecule has 8 heteroatoms. The maximum absolute atomic E-state index is 12.9. The summed E-state index contributed by atoms with van der Waals surface area (Å²) in [7, 11) is -2.26. The Kier molecular flexibility index (Phi) is 5.18. The van der Waals surface area contributed by atoms with E-state index in [-0.39, 0.29) is 5.75 Å². The van der Waals surface area contributed by atoms with Crippen LogP contribution in [0.1, 0.15) is 45.6 Å². The van der Waals surface area contributed by atoms with Gasteiger partial charge >= 0.3 is 5.97 Å². The molecule has 0 bridgehead atoms. The third-order valence-electron chi connectivity index (χ3n) is 4.12. The fraction of sp³-hybridized carbons (Fsp3) is 0.333. The Hall–Kier alpha value is -1.77. The molecule has 26 heavy (non-hydrogen) atoms. The zero-order valence-corrected chi connectivity index (χ0v) is 17.3. The molecule has 0 amide bonds. The highest BCUT2D eigenvalue weighted by Gasteiger charge is 2.24. The predicted octanol–water partition coefficient (Wildman–Crippen LogP) is 4.55.